The van der Waals surface area contributed by atoms with Crippen LogP contribution in [0.3, 0.4) is 0 Å². The van der Waals surface area contributed by atoms with Gasteiger partial charge in [-0.25, -0.2) is 13.1 Å². The van der Waals surface area contributed by atoms with Crippen molar-refractivity contribution in [1.29, 1.82) is 0 Å². The van der Waals surface area contributed by atoms with E-state index >= 15 is 0 Å². The van der Waals surface area contributed by atoms with Crippen molar-refractivity contribution < 1.29 is 36.3 Å². The molecule has 11 heteroatoms. The normalized spacial score (nSPS) is 22.6. The van der Waals surface area contributed by atoms with Crippen LogP contribution >= 0.6 is 0 Å². The highest BCUT2D eigenvalue weighted by Crippen LogP contribution is 2.32. The van der Waals surface area contributed by atoms with Crippen LogP contribution in [-0.2, 0) is 58.0 Å². The molecular formula is C31H34N2O8S. The molecule has 1 aliphatic heterocycles. The summed E-state index contributed by atoms with van der Waals surface area (Å²) >= 11 is 0. The van der Waals surface area contributed by atoms with Gasteiger partial charge >= 0.3 is 10.3 Å². The quantitative estimate of drug-likeness (QED) is 0.213. The van der Waals surface area contributed by atoms with Crippen molar-refractivity contribution in [1.82, 2.24) is 8.96 Å². The first-order chi connectivity index (χ1) is 20.5. The molecule has 2 heterocycles. The summed E-state index contributed by atoms with van der Waals surface area (Å²) in [5, 5.41) is 0. The average molecular weight is 595 g/mol. The molecule has 10 nitrogen and oxygen atoms in total. The van der Waals surface area contributed by atoms with Gasteiger partial charge in [0.1, 0.15) is 30.7 Å². The molecule has 1 saturated heterocycles. The molecule has 0 aliphatic carbocycles. The number of aromatic nitrogens is 2. The first-order valence-corrected chi connectivity index (χ1v) is 14.9. The molecule has 0 radical (unpaired) electrons. The third-order valence-corrected chi connectivity index (χ3v) is 7.96. The highest BCUT2D eigenvalue weighted by molar-refractivity contribution is 7.85. The third-order valence-electron chi connectivity index (χ3n) is 6.76. The lowest BCUT2D eigenvalue weighted by atomic mass is 9.98. The van der Waals surface area contributed by atoms with E-state index < -0.39 is 41.0 Å². The summed E-state index contributed by atoms with van der Waals surface area (Å²) in [6.45, 7) is 0.698. The number of benzene rings is 3. The van der Waals surface area contributed by atoms with E-state index in [-0.39, 0.29) is 19.8 Å². The predicted molar refractivity (Wildman–Crippen MR) is 153 cm³/mol. The fraction of sp³-hybridized carbons (Fsp3) is 0.323. The number of ether oxygens (including phenoxy) is 5. The second-order valence-electron chi connectivity index (χ2n) is 9.71. The van der Waals surface area contributed by atoms with Crippen LogP contribution in [0.15, 0.2) is 110 Å². The summed E-state index contributed by atoms with van der Waals surface area (Å²) < 4.78 is 64.1. The second kappa shape index (κ2) is 14.7. The molecule has 222 valence electrons. The fourth-order valence-electron chi connectivity index (χ4n) is 4.65. The van der Waals surface area contributed by atoms with Crippen LogP contribution in [0, 0.1) is 0 Å². The highest BCUT2D eigenvalue weighted by Gasteiger charge is 2.50. The van der Waals surface area contributed by atoms with Crippen LogP contribution in [0.4, 0.5) is 0 Å². The van der Waals surface area contributed by atoms with Gasteiger partial charge in [-0.3, -0.25) is 0 Å². The SMILES string of the molecule is CO[C@H]1O[C@H](COCc2ccccc2)[C@H](OS(=O)(=O)n2ccnc2)[C@H](OCc2ccccc2)[C@H]1OCc1ccccc1. The van der Waals surface area contributed by atoms with Crippen molar-refractivity contribution in [3.63, 3.8) is 0 Å². The van der Waals surface area contributed by atoms with E-state index in [0.29, 0.717) is 6.61 Å². The van der Waals surface area contributed by atoms with Crippen LogP contribution < -0.4 is 0 Å². The maximum atomic E-state index is 13.3. The van der Waals surface area contributed by atoms with Gasteiger partial charge in [0, 0.05) is 19.5 Å². The van der Waals surface area contributed by atoms with Gasteiger partial charge in [0.05, 0.1) is 26.4 Å². The lowest BCUT2D eigenvalue weighted by Crippen LogP contribution is -2.62. The van der Waals surface area contributed by atoms with Crippen LogP contribution in [0.5, 0.6) is 0 Å². The van der Waals surface area contributed by atoms with Crippen LogP contribution in [0.2, 0.25) is 0 Å². The Labute approximate surface area is 246 Å². The minimum absolute atomic E-state index is 0.00940. The number of rotatable bonds is 14. The molecule has 0 spiro atoms. The van der Waals surface area contributed by atoms with Gasteiger partial charge in [-0.15, -0.1) is 0 Å². The summed E-state index contributed by atoms with van der Waals surface area (Å²) in [6.07, 6.45) is -0.880. The first kappa shape index (κ1) is 30.1. The monoisotopic (exact) mass is 594 g/mol. The Morgan fingerprint density at radius 2 is 1.31 bits per heavy atom. The number of imidazole rings is 1. The van der Waals surface area contributed by atoms with Crippen LogP contribution in [0.1, 0.15) is 16.7 Å². The van der Waals surface area contributed by atoms with E-state index in [1.165, 1.54) is 19.5 Å². The van der Waals surface area contributed by atoms with Crippen molar-refractivity contribution in [3.8, 4) is 0 Å². The van der Waals surface area contributed by atoms with E-state index in [9.17, 15) is 8.42 Å². The van der Waals surface area contributed by atoms with Gasteiger partial charge in [0.2, 0.25) is 0 Å². The molecule has 1 aliphatic rings. The Bertz CT molecular complexity index is 1440. The summed E-state index contributed by atoms with van der Waals surface area (Å²) in [6, 6.07) is 28.8. The Kier molecular flexibility index (Phi) is 10.5. The molecule has 42 heavy (non-hydrogen) atoms. The van der Waals surface area contributed by atoms with Crippen molar-refractivity contribution >= 4 is 10.3 Å². The van der Waals surface area contributed by atoms with E-state index in [2.05, 4.69) is 4.98 Å². The highest BCUT2D eigenvalue weighted by atomic mass is 32.2. The molecule has 1 fully saturated rings. The summed E-state index contributed by atoms with van der Waals surface area (Å²) in [7, 11) is -2.81. The summed E-state index contributed by atoms with van der Waals surface area (Å²) in [5.74, 6) is 0. The Hall–Kier alpha value is -3.42. The Morgan fingerprint density at radius 1 is 0.762 bits per heavy atom. The van der Waals surface area contributed by atoms with Gasteiger partial charge in [-0.2, -0.15) is 8.42 Å². The lowest BCUT2D eigenvalue weighted by molar-refractivity contribution is -0.311. The molecule has 0 amide bonds. The zero-order valence-corrected chi connectivity index (χ0v) is 24.0. The largest absolute Gasteiger partial charge is 0.374 e. The Balaban J connectivity index is 1.44. The maximum absolute atomic E-state index is 13.3. The van der Waals surface area contributed by atoms with E-state index in [4.69, 9.17) is 27.9 Å². The van der Waals surface area contributed by atoms with Crippen molar-refractivity contribution in [3.05, 3.63) is 126 Å². The zero-order chi connectivity index (χ0) is 29.2. The van der Waals surface area contributed by atoms with Crippen LogP contribution in [-0.4, -0.2) is 61.8 Å². The van der Waals surface area contributed by atoms with Crippen molar-refractivity contribution in [2.75, 3.05) is 13.7 Å². The molecule has 4 aromatic rings. The van der Waals surface area contributed by atoms with Gasteiger partial charge in [-0.1, -0.05) is 91.0 Å². The predicted octanol–water partition coefficient (Wildman–Crippen LogP) is 4.12. The van der Waals surface area contributed by atoms with Crippen LogP contribution in [0.25, 0.3) is 0 Å². The van der Waals surface area contributed by atoms with E-state index in [0.717, 1.165) is 27.0 Å². The number of methoxy groups -OCH3 is 1. The molecule has 0 bridgehead atoms. The fourth-order valence-corrected chi connectivity index (χ4v) is 5.64. The second-order valence-corrected chi connectivity index (χ2v) is 11.2. The molecule has 5 atom stereocenters. The number of nitrogens with zero attached hydrogens (tertiary/aromatic N) is 2. The molecule has 1 aromatic heterocycles. The Morgan fingerprint density at radius 3 is 1.83 bits per heavy atom. The van der Waals surface area contributed by atoms with E-state index in [1.807, 2.05) is 91.0 Å². The molecule has 3 aromatic carbocycles. The van der Waals surface area contributed by atoms with E-state index in [1.54, 1.807) is 0 Å². The topological polar surface area (TPSA) is 107 Å². The summed E-state index contributed by atoms with van der Waals surface area (Å²) in [5.41, 5.74) is 2.78. The minimum atomic E-state index is -4.32. The minimum Gasteiger partial charge on any atom is -0.374 e. The molecular weight excluding hydrogens is 560 g/mol. The number of hydrogen-bond acceptors (Lipinski definition) is 9. The molecule has 5 rings (SSSR count). The zero-order valence-electron chi connectivity index (χ0n) is 23.2. The maximum Gasteiger partial charge on any atom is 0.367 e. The smallest absolute Gasteiger partial charge is 0.367 e. The molecule has 0 saturated carbocycles. The van der Waals surface area contributed by atoms with Gasteiger partial charge < -0.3 is 23.7 Å². The van der Waals surface area contributed by atoms with Gasteiger partial charge in [-0.05, 0) is 16.7 Å². The molecule has 0 N–H and O–H groups in total. The standard InChI is InChI=1S/C31H34N2O8S/c1-36-31-30(39-21-26-15-9-4-10-16-26)29(38-20-25-13-7-3-8-14-25)28(41-42(34,35)33-18-17-32-23-33)27(40-31)22-37-19-24-11-5-2-6-12-24/h2-18,23,27-31H,19-22H2,1H3/t27-,28+,29+,30-,31+/m1/s1. The lowest BCUT2D eigenvalue weighted by Gasteiger charge is -2.44. The van der Waals surface area contributed by atoms with Gasteiger partial charge in [0.15, 0.2) is 6.29 Å². The van der Waals surface area contributed by atoms with Crippen molar-refractivity contribution in [2.24, 2.45) is 0 Å². The van der Waals surface area contributed by atoms with Crippen molar-refractivity contribution in [2.45, 2.75) is 50.5 Å². The first-order valence-electron chi connectivity index (χ1n) is 13.6. The summed E-state index contributed by atoms with van der Waals surface area (Å²) in [4.78, 5) is 3.85. The average Bonchev–Trinajstić information content (AvgIpc) is 3.58. The van der Waals surface area contributed by atoms with Gasteiger partial charge in [0.25, 0.3) is 0 Å². The molecule has 0 unspecified atom stereocenters. The number of hydrogen-bond donors (Lipinski definition) is 0. The third kappa shape index (κ3) is 7.90.